The minimum absolute atomic E-state index is 0.184. The van der Waals surface area contributed by atoms with Gasteiger partial charge in [-0.15, -0.1) is 0 Å². The Morgan fingerprint density at radius 1 is 1.50 bits per heavy atom. The average molecular weight is 312 g/mol. The largest absolute Gasteiger partial charge is 0.366 e. The molecule has 0 radical (unpaired) electrons. The lowest BCUT2D eigenvalue weighted by Gasteiger charge is -2.31. The summed E-state index contributed by atoms with van der Waals surface area (Å²) < 4.78 is 1.09. The van der Waals surface area contributed by atoms with E-state index in [1.807, 2.05) is 12.4 Å². The lowest BCUT2D eigenvalue weighted by molar-refractivity contribution is 0.405. The van der Waals surface area contributed by atoms with Gasteiger partial charge in [0.05, 0.1) is 10.2 Å². The summed E-state index contributed by atoms with van der Waals surface area (Å²) in [6.45, 7) is 8.83. The van der Waals surface area contributed by atoms with Crippen molar-refractivity contribution in [2.45, 2.75) is 45.2 Å². The lowest BCUT2D eigenvalue weighted by Crippen LogP contribution is -2.45. The van der Waals surface area contributed by atoms with Crippen molar-refractivity contribution in [3.05, 3.63) is 22.9 Å². The molecule has 1 aromatic rings. The number of nitrogens with zero attached hydrogens (tertiary/aromatic N) is 2. The standard InChI is InChI=1S/C14H22BrN3/c1-14(2,3)17-9-11-5-4-8-18(11)13-6-7-16-10-12(13)15/h6-7,10-11,17H,4-5,8-9H2,1-3H3. The molecule has 2 rings (SSSR count). The molecule has 0 spiro atoms. The van der Waals surface area contributed by atoms with E-state index >= 15 is 0 Å². The average Bonchev–Trinajstić information content (AvgIpc) is 2.74. The van der Waals surface area contributed by atoms with E-state index in [9.17, 15) is 0 Å². The maximum absolute atomic E-state index is 4.14. The van der Waals surface area contributed by atoms with Crippen LogP contribution in [0.1, 0.15) is 33.6 Å². The molecule has 1 aliphatic rings. The van der Waals surface area contributed by atoms with Crippen molar-refractivity contribution in [2.24, 2.45) is 0 Å². The highest BCUT2D eigenvalue weighted by molar-refractivity contribution is 9.10. The van der Waals surface area contributed by atoms with Gasteiger partial charge in [0.1, 0.15) is 0 Å². The van der Waals surface area contributed by atoms with Crippen molar-refractivity contribution in [1.82, 2.24) is 10.3 Å². The van der Waals surface area contributed by atoms with Gasteiger partial charge in [0, 0.05) is 37.1 Å². The first kappa shape index (κ1) is 13.8. The molecule has 1 fully saturated rings. The zero-order valence-corrected chi connectivity index (χ0v) is 13.0. The summed E-state index contributed by atoms with van der Waals surface area (Å²) in [6, 6.07) is 2.68. The van der Waals surface area contributed by atoms with E-state index in [-0.39, 0.29) is 5.54 Å². The minimum atomic E-state index is 0.184. The van der Waals surface area contributed by atoms with Gasteiger partial charge in [0.15, 0.2) is 0 Å². The van der Waals surface area contributed by atoms with E-state index in [2.05, 4.69) is 58.0 Å². The Morgan fingerprint density at radius 2 is 2.28 bits per heavy atom. The lowest BCUT2D eigenvalue weighted by atomic mass is 10.1. The molecule has 0 aromatic carbocycles. The number of aromatic nitrogens is 1. The van der Waals surface area contributed by atoms with Crippen molar-refractivity contribution >= 4 is 21.6 Å². The highest BCUT2D eigenvalue weighted by atomic mass is 79.9. The van der Waals surface area contributed by atoms with Crippen molar-refractivity contribution < 1.29 is 0 Å². The van der Waals surface area contributed by atoms with Crippen molar-refractivity contribution in [3.8, 4) is 0 Å². The number of nitrogens with one attached hydrogen (secondary N) is 1. The maximum Gasteiger partial charge on any atom is 0.0592 e. The third-order valence-corrected chi connectivity index (χ3v) is 3.92. The fraction of sp³-hybridized carbons (Fsp3) is 0.643. The van der Waals surface area contributed by atoms with Crippen molar-refractivity contribution in [1.29, 1.82) is 0 Å². The Morgan fingerprint density at radius 3 is 2.94 bits per heavy atom. The van der Waals surface area contributed by atoms with Crippen LogP contribution in [0.3, 0.4) is 0 Å². The first-order valence-corrected chi connectivity index (χ1v) is 7.38. The van der Waals surface area contributed by atoms with Gasteiger partial charge >= 0.3 is 0 Å². The minimum Gasteiger partial charge on any atom is -0.366 e. The molecule has 0 saturated carbocycles. The van der Waals surface area contributed by atoms with Crippen LogP contribution in [0.25, 0.3) is 0 Å². The van der Waals surface area contributed by atoms with Gasteiger partial charge in [-0.2, -0.15) is 0 Å². The van der Waals surface area contributed by atoms with Crippen molar-refractivity contribution in [3.63, 3.8) is 0 Å². The molecule has 0 bridgehead atoms. The molecule has 1 saturated heterocycles. The van der Waals surface area contributed by atoms with Gasteiger partial charge in [-0.1, -0.05) is 0 Å². The normalized spacial score (nSPS) is 20.4. The second-order valence-electron chi connectivity index (χ2n) is 5.95. The van der Waals surface area contributed by atoms with Gasteiger partial charge < -0.3 is 10.2 Å². The monoisotopic (exact) mass is 311 g/mol. The fourth-order valence-electron chi connectivity index (χ4n) is 2.39. The molecule has 1 aliphatic heterocycles. The van der Waals surface area contributed by atoms with Crippen LogP contribution in [0.4, 0.5) is 5.69 Å². The van der Waals surface area contributed by atoms with Crippen molar-refractivity contribution in [2.75, 3.05) is 18.0 Å². The summed E-state index contributed by atoms with van der Waals surface area (Å²) in [5.74, 6) is 0. The number of pyridine rings is 1. The zero-order valence-electron chi connectivity index (χ0n) is 11.4. The first-order chi connectivity index (χ1) is 8.47. The van der Waals surface area contributed by atoms with Crippen LogP contribution in [-0.4, -0.2) is 29.7 Å². The fourth-order valence-corrected chi connectivity index (χ4v) is 2.87. The molecular weight excluding hydrogens is 290 g/mol. The summed E-state index contributed by atoms with van der Waals surface area (Å²) in [5, 5.41) is 3.61. The highest BCUT2D eigenvalue weighted by Gasteiger charge is 2.26. The highest BCUT2D eigenvalue weighted by Crippen LogP contribution is 2.31. The summed E-state index contributed by atoms with van der Waals surface area (Å²) in [7, 11) is 0. The van der Waals surface area contributed by atoms with Gasteiger partial charge in [-0.3, -0.25) is 4.98 Å². The van der Waals surface area contributed by atoms with E-state index in [0.717, 1.165) is 17.6 Å². The van der Waals surface area contributed by atoms with Crippen LogP contribution in [-0.2, 0) is 0 Å². The maximum atomic E-state index is 4.14. The molecular formula is C14H22BrN3. The molecule has 3 nitrogen and oxygen atoms in total. The van der Waals surface area contributed by atoms with Crippen LogP contribution < -0.4 is 10.2 Å². The van der Waals surface area contributed by atoms with Crippen LogP contribution in [0.15, 0.2) is 22.9 Å². The van der Waals surface area contributed by atoms with Gasteiger partial charge in [-0.25, -0.2) is 0 Å². The van der Waals surface area contributed by atoms with E-state index in [0.29, 0.717) is 6.04 Å². The first-order valence-electron chi connectivity index (χ1n) is 6.58. The Hall–Kier alpha value is -0.610. The summed E-state index contributed by atoms with van der Waals surface area (Å²) in [5.41, 5.74) is 1.45. The number of rotatable bonds is 3. The molecule has 1 N–H and O–H groups in total. The molecule has 100 valence electrons. The van der Waals surface area contributed by atoms with Gasteiger partial charge in [0.25, 0.3) is 0 Å². The molecule has 1 aromatic heterocycles. The van der Waals surface area contributed by atoms with E-state index in [1.165, 1.54) is 18.5 Å². The topological polar surface area (TPSA) is 28.2 Å². The Bertz CT molecular complexity index is 400. The second-order valence-corrected chi connectivity index (χ2v) is 6.80. The molecule has 1 unspecified atom stereocenters. The van der Waals surface area contributed by atoms with Crippen LogP contribution in [0, 0.1) is 0 Å². The number of halogens is 1. The Balaban J connectivity index is 2.06. The predicted octanol–water partition coefficient (Wildman–Crippen LogP) is 3.20. The quantitative estimate of drug-likeness (QED) is 0.929. The molecule has 2 heterocycles. The second kappa shape index (κ2) is 5.57. The summed E-state index contributed by atoms with van der Waals surface area (Å²) >= 11 is 3.60. The SMILES string of the molecule is CC(C)(C)NCC1CCCN1c1ccncc1Br. The smallest absolute Gasteiger partial charge is 0.0592 e. The summed E-state index contributed by atoms with van der Waals surface area (Å²) in [6.07, 6.45) is 6.28. The summed E-state index contributed by atoms with van der Waals surface area (Å²) in [4.78, 5) is 6.63. The number of anilines is 1. The van der Waals surface area contributed by atoms with Crippen LogP contribution in [0.2, 0.25) is 0 Å². The van der Waals surface area contributed by atoms with E-state index in [1.54, 1.807) is 0 Å². The van der Waals surface area contributed by atoms with Gasteiger partial charge in [-0.05, 0) is 55.6 Å². The molecule has 0 amide bonds. The molecule has 0 aliphatic carbocycles. The Kier molecular flexibility index (Phi) is 4.28. The zero-order chi connectivity index (χ0) is 13.2. The number of hydrogen-bond donors (Lipinski definition) is 1. The van der Waals surface area contributed by atoms with Crippen LogP contribution in [0.5, 0.6) is 0 Å². The van der Waals surface area contributed by atoms with Crippen LogP contribution >= 0.6 is 15.9 Å². The Labute approximate surface area is 118 Å². The van der Waals surface area contributed by atoms with Gasteiger partial charge in [0.2, 0.25) is 0 Å². The van der Waals surface area contributed by atoms with E-state index in [4.69, 9.17) is 0 Å². The third kappa shape index (κ3) is 3.45. The third-order valence-electron chi connectivity index (χ3n) is 3.31. The molecule has 18 heavy (non-hydrogen) atoms. The van der Waals surface area contributed by atoms with E-state index < -0.39 is 0 Å². The molecule has 4 heteroatoms. The molecule has 1 atom stereocenters. The number of hydrogen-bond acceptors (Lipinski definition) is 3. The predicted molar refractivity (Wildman–Crippen MR) is 80.1 cm³/mol.